The summed E-state index contributed by atoms with van der Waals surface area (Å²) in [6.07, 6.45) is 0. The molecule has 9 aromatic rings. The minimum absolute atomic E-state index is 1.18. The van der Waals surface area contributed by atoms with Gasteiger partial charge in [-0.2, -0.15) is 0 Å². The molecule has 2 aromatic heterocycles. The smallest absolute Gasteiger partial charge is 0.0619 e. The lowest BCUT2D eigenvalue weighted by molar-refractivity contribution is 1.19. The summed E-state index contributed by atoms with van der Waals surface area (Å²) in [6, 6.07) is 55.3. The van der Waals surface area contributed by atoms with Gasteiger partial charge in [-0.25, -0.2) is 0 Å². The van der Waals surface area contributed by atoms with Gasteiger partial charge in [-0.3, -0.25) is 0 Å². The van der Waals surface area contributed by atoms with Crippen molar-refractivity contribution in [2.24, 2.45) is 0 Å². The summed E-state index contributed by atoms with van der Waals surface area (Å²) in [5.41, 5.74) is 8.67. The molecular weight excluding hydrogens is 527 g/mol. The third-order valence-electron chi connectivity index (χ3n) is 8.58. The summed E-state index contributed by atoms with van der Waals surface area (Å²) in [7, 11) is 0. The molecule has 0 fully saturated rings. The average molecular weight is 552 g/mol. The number of fused-ring (bicyclic) bond motifs is 9. The zero-order chi connectivity index (χ0) is 27.6. The molecule has 7 aromatic carbocycles. The van der Waals surface area contributed by atoms with Crippen LogP contribution in [0, 0.1) is 0 Å². The Hall–Kier alpha value is -5.18. The van der Waals surface area contributed by atoms with Gasteiger partial charge in [0.1, 0.15) is 0 Å². The van der Waals surface area contributed by atoms with Gasteiger partial charge in [0.2, 0.25) is 0 Å². The molecule has 1 nitrogen and oxygen atoms in total. The molecule has 0 atom stereocenters. The van der Waals surface area contributed by atoms with E-state index in [9.17, 15) is 0 Å². The van der Waals surface area contributed by atoms with Crippen molar-refractivity contribution in [1.29, 1.82) is 0 Å². The quantitative estimate of drug-likeness (QED) is 0.206. The molecule has 9 rings (SSSR count). The van der Waals surface area contributed by atoms with Crippen molar-refractivity contribution >= 4 is 64.1 Å². The van der Waals surface area contributed by atoms with Gasteiger partial charge in [-0.05, 0) is 58.7 Å². The molecule has 2 heterocycles. The zero-order valence-electron chi connectivity index (χ0n) is 22.8. The largest absolute Gasteiger partial charge is 0.309 e. The van der Waals surface area contributed by atoms with Crippen molar-refractivity contribution in [2.75, 3.05) is 0 Å². The van der Waals surface area contributed by atoms with E-state index in [2.05, 4.69) is 156 Å². The summed E-state index contributed by atoms with van der Waals surface area (Å²) >= 11 is 1.90. The first kappa shape index (κ1) is 23.5. The topological polar surface area (TPSA) is 4.93 Å². The highest BCUT2D eigenvalue weighted by Crippen LogP contribution is 2.44. The van der Waals surface area contributed by atoms with E-state index in [-0.39, 0.29) is 0 Å². The van der Waals surface area contributed by atoms with Crippen LogP contribution >= 0.6 is 11.3 Å². The van der Waals surface area contributed by atoms with Crippen LogP contribution in [0.3, 0.4) is 0 Å². The number of nitrogens with zero attached hydrogens (tertiary/aromatic N) is 1. The van der Waals surface area contributed by atoms with Crippen molar-refractivity contribution in [3.05, 3.63) is 152 Å². The van der Waals surface area contributed by atoms with Gasteiger partial charge in [-0.15, -0.1) is 11.3 Å². The summed E-state index contributed by atoms with van der Waals surface area (Å²) in [6.45, 7) is 0. The number of rotatable bonds is 3. The molecule has 0 unspecified atom stereocenters. The number of aromatic nitrogens is 1. The van der Waals surface area contributed by atoms with Crippen LogP contribution in [0.5, 0.6) is 0 Å². The van der Waals surface area contributed by atoms with Crippen LogP contribution in [0.25, 0.3) is 80.7 Å². The fourth-order valence-electron chi connectivity index (χ4n) is 6.61. The average Bonchev–Trinajstić information content (AvgIpc) is 3.61. The monoisotopic (exact) mass is 551 g/mol. The van der Waals surface area contributed by atoms with Crippen LogP contribution in [-0.4, -0.2) is 4.57 Å². The maximum absolute atomic E-state index is 2.45. The Kier molecular flexibility index (Phi) is 5.13. The number of thiophene rings is 1. The van der Waals surface area contributed by atoms with Crippen LogP contribution in [-0.2, 0) is 0 Å². The maximum Gasteiger partial charge on any atom is 0.0619 e. The first-order valence-corrected chi connectivity index (χ1v) is 15.2. The Labute approximate surface area is 247 Å². The number of hydrogen-bond acceptors (Lipinski definition) is 1. The predicted molar refractivity (Wildman–Crippen MR) is 182 cm³/mol. The summed E-state index contributed by atoms with van der Waals surface area (Å²) in [4.78, 5) is 0. The minimum Gasteiger partial charge on any atom is -0.309 e. The number of benzene rings is 7. The number of hydrogen-bond donors (Lipinski definition) is 0. The molecule has 0 radical (unpaired) electrons. The second-order valence-electron chi connectivity index (χ2n) is 10.9. The first-order valence-electron chi connectivity index (χ1n) is 14.4. The van der Waals surface area contributed by atoms with Crippen molar-refractivity contribution < 1.29 is 0 Å². The maximum atomic E-state index is 2.45. The van der Waals surface area contributed by atoms with Gasteiger partial charge < -0.3 is 4.57 Å². The van der Waals surface area contributed by atoms with E-state index in [1.807, 2.05) is 11.3 Å². The molecule has 0 spiro atoms. The summed E-state index contributed by atoms with van der Waals surface area (Å²) < 4.78 is 5.13. The molecule has 0 aliphatic rings. The minimum atomic E-state index is 1.18. The van der Waals surface area contributed by atoms with Gasteiger partial charge >= 0.3 is 0 Å². The van der Waals surface area contributed by atoms with E-state index in [1.54, 1.807) is 0 Å². The summed E-state index contributed by atoms with van der Waals surface area (Å²) in [5.74, 6) is 0. The van der Waals surface area contributed by atoms with Gasteiger partial charge in [-0.1, -0.05) is 115 Å². The van der Waals surface area contributed by atoms with Crippen molar-refractivity contribution in [2.45, 2.75) is 0 Å². The van der Waals surface area contributed by atoms with Crippen molar-refractivity contribution in [3.63, 3.8) is 0 Å². The van der Waals surface area contributed by atoms with Crippen LogP contribution in [0.1, 0.15) is 0 Å². The zero-order valence-corrected chi connectivity index (χ0v) is 23.6. The highest BCUT2D eigenvalue weighted by atomic mass is 32.1. The number of para-hydroxylation sites is 1. The molecule has 42 heavy (non-hydrogen) atoms. The predicted octanol–water partition coefficient (Wildman–Crippen LogP) is 11.6. The third kappa shape index (κ3) is 3.49. The van der Waals surface area contributed by atoms with E-state index in [0.717, 1.165) is 0 Å². The molecule has 0 N–H and O–H groups in total. The van der Waals surface area contributed by atoms with E-state index in [0.29, 0.717) is 0 Å². The van der Waals surface area contributed by atoms with Crippen LogP contribution < -0.4 is 0 Å². The molecule has 196 valence electrons. The standard InChI is InChI=1S/C40H25NS/c1-4-10-26(11-5-1)28-16-22-37-35(24-28)32-19-20-33-31(39(32)41(37)30-14-8-3-9-15-30)18-21-34-36-25-29(27-12-6-2-7-13-27)17-23-38(36)42-40(33)34/h1-25H. The van der Waals surface area contributed by atoms with Crippen molar-refractivity contribution in [3.8, 4) is 27.9 Å². The van der Waals surface area contributed by atoms with Gasteiger partial charge in [0, 0.05) is 47.4 Å². The van der Waals surface area contributed by atoms with Crippen molar-refractivity contribution in [1.82, 2.24) is 4.57 Å². The van der Waals surface area contributed by atoms with E-state index in [1.165, 1.54) is 80.7 Å². The Bertz CT molecular complexity index is 2430. The molecule has 0 amide bonds. The van der Waals surface area contributed by atoms with E-state index in [4.69, 9.17) is 0 Å². The van der Waals surface area contributed by atoms with Crippen LogP contribution in [0.15, 0.2) is 152 Å². The van der Waals surface area contributed by atoms with E-state index < -0.39 is 0 Å². The lowest BCUT2D eigenvalue weighted by Gasteiger charge is -2.10. The van der Waals surface area contributed by atoms with Gasteiger partial charge in [0.05, 0.1) is 11.0 Å². The Morgan fingerprint density at radius 3 is 1.57 bits per heavy atom. The highest BCUT2D eigenvalue weighted by molar-refractivity contribution is 7.26. The second-order valence-corrected chi connectivity index (χ2v) is 12.0. The SMILES string of the molecule is c1ccc(-c2ccc3sc4c(ccc5c4ccc4c6cc(-c7ccccc7)ccc6n(-c6ccccc6)c54)c3c2)cc1. The first-order chi connectivity index (χ1) is 20.8. The highest BCUT2D eigenvalue weighted by Gasteiger charge is 2.18. The molecular formula is C40H25NS. The second kappa shape index (κ2) is 9.17. The molecule has 0 bridgehead atoms. The molecule has 2 heteroatoms. The molecule has 0 aliphatic carbocycles. The lowest BCUT2D eigenvalue weighted by Crippen LogP contribution is -1.94. The summed E-state index contributed by atoms with van der Waals surface area (Å²) in [5, 5.41) is 7.82. The van der Waals surface area contributed by atoms with E-state index >= 15 is 0 Å². The third-order valence-corrected chi connectivity index (χ3v) is 9.80. The van der Waals surface area contributed by atoms with Crippen LogP contribution in [0.4, 0.5) is 0 Å². The van der Waals surface area contributed by atoms with Gasteiger partial charge in [0.25, 0.3) is 0 Å². The Morgan fingerprint density at radius 1 is 0.381 bits per heavy atom. The fraction of sp³-hybridized carbons (Fsp3) is 0. The normalized spacial score (nSPS) is 11.8. The lowest BCUT2D eigenvalue weighted by atomic mass is 9.99. The fourth-order valence-corrected chi connectivity index (χ4v) is 7.83. The Morgan fingerprint density at radius 2 is 0.905 bits per heavy atom. The van der Waals surface area contributed by atoms with Crippen LogP contribution in [0.2, 0.25) is 0 Å². The molecule has 0 saturated heterocycles. The van der Waals surface area contributed by atoms with Gasteiger partial charge in [0.15, 0.2) is 0 Å². The molecule has 0 saturated carbocycles. The molecule has 0 aliphatic heterocycles. The Balaban J connectivity index is 1.36.